The Morgan fingerprint density at radius 3 is 2.82 bits per heavy atom. The molecule has 0 spiro atoms. The number of piperidine rings is 1. The molecule has 94 valence electrons. The van der Waals surface area contributed by atoms with Crippen molar-refractivity contribution in [2.75, 3.05) is 11.4 Å². The predicted molar refractivity (Wildman–Crippen MR) is 64.5 cm³/mol. The van der Waals surface area contributed by atoms with E-state index in [9.17, 15) is 0 Å². The normalized spacial score (nSPS) is 29.1. The van der Waals surface area contributed by atoms with E-state index in [1.165, 1.54) is 38.5 Å². The van der Waals surface area contributed by atoms with Gasteiger partial charge in [0.1, 0.15) is 0 Å². The van der Waals surface area contributed by atoms with Gasteiger partial charge < -0.3 is 15.1 Å². The second-order valence-electron chi connectivity index (χ2n) is 5.13. The number of aromatic nitrogens is 2. The molecule has 2 heterocycles. The van der Waals surface area contributed by atoms with Crippen molar-refractivity contribution < 1.29 is 4.42 Å². The molecule has 17 heavy (non-hydrogen) atoms. The summed E-state index contributed by atoms with van der Waals surface area (Å²) in [5, 5.41) is 8.10. The lowest BCUT2D eigenvalue weighted by Gasteiger charge is -2.43. The zero-order valence-corrected chi connectivity index (χ0v) is 10.1. The van der Waals surface area contributed by atoms with Gasteiger partial charge in [0.05, 0.1) is 6.54 Å². The average Bonchev–Trinajstić information content (AvgIpc) is 2.87. The number of hydrogen-bond acceptors (Lipinski definition) is 5. The van der Waals surface area contributed by atoms with E-state index in [2.05, 4.69) is 15.1 Å². The molecular weight excluding hydrogens is 216 g/mol. The summed E-state index contributed by atoms with van der Waals surface area (Å²) in [6, 6.07) is 1.30. The van der Waals surface area contributed by atoms with Gasteiger partial charge in [-0.1, -0.05) is 17.9 Å². The van der Waals surface area contributed by atoms with E-state index in [0.717, 1.165) is 12.5 Å². The highest BCUT2D eigenvalue weighted by atomic mass is 16.4. The average molecular weight is 236 g/mol. The maximum Gasteiger partial charge on any atom is 0.318 e. The summed E-state index contributed by atoms with van der Waals surface area (Å²) in [6.07, 6.45) is 7.94. The lowest BCUT2D eigenvalue weighted by atomic mass is 9.78. The molecule has 0 amide bonds. The minimum atomic E-state index is 0.328. The van der Waals surface area contributed by atoms with Gasteiger partial charge in [-0.2, -0.15) is 0 Å². The van der Waals surface area contributed by atoms with E-state index in [1.54, 1.807) is 0 Å². The maximum absolute atomic E-state index is 5.60. The molecule has 0 bridgehead atoms. The highest BCUT2D eigenvalue weighted by Crippen LogP contribution is 2.37. The van der Waals surface area contributed by atoms with Gasteiger partial charge in [0, 0.05) is 12.6 Å². The van der Waals surface area contributed by atoms with Gasteiger partial charge in [-0.15, -0.1) is 5.10 Å². The zero-order chi connectivity index (χ0) is 11.7. The molecule has 1 aliphatic heterocycles. The molecule has 0 aromatic carbocycles. The van der Waals surface area contributed by atoms with Gasteiger partial charge >= 0.3 is 6.01 Å². The number of anilines is 1. The Balaban J connectivity index is 1.80. The first kappa shape index (κ1) is 11.0. The summed E-state index contributed by atoms with van der Waals surface area (Å²) >= 11 is 0. The van der Waals surface area contributed by atoms with E-state index < -0.39 is 0 Å². The first-order valence-electron chi connectivity index (χ1n) is 6.67. The zero-order valence-electron chi connectivity index (χ0n) is 10.1. The second-order valence-corrected chi connectivity index (χ2v) is 5.13. The number of nitrogens with two attached hydrogens (primary N) is 1. The predicted octanol–water partition coefficient (Wildman–Crippen LogP) is 1.69. The first-order chi connectivity index (χ1) is 8.38. The van der Waals surface area contributed by atoms with Crippen LogP contribution in [0, 0.1) is 5.92 Å². The second kappa shape index (κ2) is 4.64. The summed E-state index contributed by atoms with van der Waals surface area (Å²) in [5.74, 6) is 1.36. The summed E-state index contributed by atoms with van der Waals surface area (Å²) < 4.78 is 5.60. The van der Waals surface area contributed by atoms with Crippen LogP contribution in [0.25, 0.3) is 0 Å². The van der Waals surface area contributed by atoms with E-state index in [1.807, 2.05) is 0 Å². The molecule has 1 aromatic heterocycles. The Hall–Kier alpha value is -1.10. The summed E-state index contributed by atoms with van der Waals surface area (Å²) in [7, 11) is 0. The highest BCUT2D eigenvalue weighted by Gasteiger charge is 2.35. The van der Waals surface area contributed by atoms with Crippen molar-refractivity contribution in [1.29, 1.82) is 0 Å². The van der Waals surface area contributed by atoms with Gasteiger partial charge in [-0.25, -0.2) is 0 Å². The van der Waals surface area contributed by atoms with Crippen LogP contribution >= 0.6 is 0 Å². The van der Waals surface area contributed by atoms with Gasteiger partial charge in [-0.3, -0.25) is 0 Å². The molecule has 5 nitrogen and oxygen atoms in total. The van der Waals surface area contributed by atoms with Crippen LogP contribution in [-0.2, 0) is 6.54 Å². The molecule has 2 atom stereocenters. The topological polar surface area (TPSA) is 68.2 Å². The third kappa shape index (κ3) is 2.04. The van der Waals surface area contributed by atoms with Gasteiger partial charge in [0.25, 0.3) is 0 Å². The quantitative estimate of drug-likeness (QED) is 0.846. The largest absolute Gasteiger partial charge is 0.407 e. The molecule has 1 aliphatic carbocycles. The highest BCUT2D eigenvalue weighted by molar-refractivity contribution is 5.28. The number of nitrogens with zero attached hydrogens (tertiary/aromatic N) is 3. The molecule has 1 saturated carbocycles. The van der Waals surface area contributed by atoms with Crippen LogP contribution in [0.1, 0.15) is 44.4 Å². The van der Waals surface area contributed by atoms with Crippen molar-refractivity contribution in [1.82, 2.24) is 10.2 Å². The van der Waals surface area contributed by atoms with E-state index in [-0.39, 0.29) is 0 Å². The van der Waals surface area contributed by atoms with Crippen molar-refractivity contribution in [2.45, 2.75) is 51.1 Å². The summed E-state index contributed by atoms with van der Waals surface area (Å²) in [5.41, 5.74) is 5.51. The van der Waals surface area contributed by atoms with Crippen molar-refractivity contribution in [2.24, 2.45) is 11.7 Å². The van der Waals surface area contributed by atoms with E-state index in [4.69, 9.17) is 10.2 Å². The molecular formula is C12H20N4O. The SMILES string of the molecule is NCc1nnc(N2CCC[C@H]3CCCC[C@H]32)o1. The van der Waals surface area contributed by atoms with Crippen LogP contribution in [0.3, 0.4) is 0 Å². The van der Waals surface area contributed by atoms with E-state index in [0.29, 0.717) is 24.5 Å². The summed E-state index contributed by atoms with van der Waals surface area (Å²) in [4.78, 5) is 2.32. The Bertz CT molecular complexity index is 376. The van der Waals surface area contributed by atoms with E-state index >= 15 is 0 Å². The number of rotatable bonds is 2. The minimum absolute atomic E-state index is 0.328. The standard InChI is InChI=1S/C12H20N4O/c13-8-11-14-15-12(17-11)16-7-3-5-9-4-1-2-6-10(9)16/h9-10H,1-8,13H2/t9-,10-/m1/s1. The third-order valence-electron chi connectivity index (χ3n) is 4.12. The van der Waals surface area contributed by atoms with Crippen LogP contribution in [0.4, 0.5) is 6.01 Å². The van der Waals surface area contributed by atoms with Crippen molar-refractivity contribution in [3.05, 3.63) is 5.89 Å². The molecule has 2 fully saturated rings. The fourth-order valence-electron chi connectivity index (χ4n) is 3.31. The number of fused-ring (bicyclic) bond motifs is 1. The van der Waals surface area contributed by atoms with Crippen molar-refractivity contribution >= 4 is 6.01 Å². The first-order valence-corrected chi connectivity index (χ1v) is 6.67. The monoisotopic (exact) mass is 236 g/mol. The van der Waals surface area contributed by atoms with Gasteiger partial charge in [0.2, 0.25) is 5.89 Å². The Labute approximate surface area is 101 Å². The molecule has 3 rings (SSSR count). The van der Waals surface area contributed by atoms with Crippen molar-refractivity contribution in [3.8, 4) is 0 Å². The Morgan fingerprint density at radius 1 is 1.18 bits per heavy atom. The maximum atomic E-state index is 5.60. The fourth-order valence-corrected chi connectivity index (χ4v) is 3.31. The number of hydrogen-bond donors (Lipinski definition) is 1. The molecule has 2 N–H and O–H groups in total. The summed E-state index contributed by atoms with van der Waals surface area (Å²) in [6.45, 7) is 1.38. The molecule has 1 aromatic rings. The smallest absolute Gasteiger partial charge is 0.318 e. The van der Waals surface area contributed by atoms with Crippen LogP contribution < -0.4 is 10.6 Å². The molecule has 1 saturated heterocycles. The molecule has 2 aliphatic rings. The fraction of sp³-hybridized carbons (Fsp3) is 0.833. The van der Waals surface area contributed by atoms with Crippen LogP contribution in [0.5, 0.6) is 0 Å². The van der Waals surface area contributed by atoms with Gasteiger partial charge in [0.15, 0.2) is 0 Å². The third-order valence-corrected chi connectivity index (χ3v) is 4.12. The Morgan fingerprint density at radius 2 is 2.00 bits per heavy atom. The lowest BCUT2D eigenvalue weighted by molar-refractivity contribution is 0.234. The minimum Gasteiger partial charge on any atom is -0.407 e. The lowest BCUT2D eigenvalue weighted by Crippen LogP contribution is -2.47. The molecule has 0 radical (unpaired) electrons. The Kier molecular flexibility index (Phi) is 3.01. The van der Waals surface area contributed by atoms with Crippen LogP contribution in [0.15, 0.2) is 4.42 Å². The van der Waals surface area contributed by atoms with Crippen molar-refractivity contribution in [3.63, 3.8) is 0 Å². The molecule has 5 heteroatoms. The van der Waals surface area contributed by atoms with Crippen LogP contribution in [0.2, 0.25) is 0 Å². The van der Waals surface area contributed by atoms with Gasteiger partial charge in [-0.05, 0) is 31.6 Å². The van der Waals surface area contributed by atoms with Crippen LogP contribution in [-0.4, -0.2) is 22.8 Å². The molecule has 0 unspecified atom stereocenters.